The van der Waals surface area contributed by atoms with Crippen LogP contribution in [0.1, 0.15) is 44.4 Å². The lowest BCUT2D eigenvalue weighted by molar-refractivity contribution is -0.164. The second-order valence-electron chi connectivity index (χ2n) is 11.1. The number of amidine groups is 1. The molecule has 6 rings (SSSR count). The third kappa shape index (κ3) is 5.89. The number of carbonyl (C=O) groups is 3. The highest BCUT2D eigenvalue weighted by Gasteiger charge is 2.54. The number of nitrogens with zero attached hydrogens (tertiary/aromatic N) is 2. The highest BCUT2D eigenvalue weighted by atomic mass is 32.1. The maximum absolute atomic E-state index is 14.9. The molecule has 1 spiro atoms. The van der Waals surface area contributed by atoms with E-state index >= 15 is 0 Å². The summed E-state index contributed by atoms with van der Waals surface area (Å²) in [5.41, 5.74) is 5.47. The highest BCUT2D eigenvalue weighted by molar-refractivity contribution is 7.10. The first-order valence-corrected chi connectivity index (χ1v) is 15.0. The Morgan fingerprint density at radius 1 is 1.06 bits per heavy atom. The molecule has 3 aliphatic rings. The predicted octanol–water partition coefficient (Wildman–Crippen LogP) is 3.46. The summed E-state index contributed by atoms with van der Waals surface area (Å²) in [6.45, 7) is -0.706. The summed E-state index contributed by atoms with van der Waals surface area (Å²) in [5.74, 6) is -7.85. The van der Waals surface area contributed by atoms with E-state index in [1.165, 1.54) is 35.7 Å². The van der Waals surface area contributed by atoms with Crippen molar-refractivity contribution in [2.75, 3.05) is 26.3 Å². The summed E-state index contributed by atoms with van der Waals surface area (Å²) in [6.07, 6.45) is -5.23. The minimum atomic E-state index is -4.96. The van der Waals surface area contributed by atoms with E-state index in [0.29, 0.717) is 11.3 Å². The number of nitrogens with one attached hydrogen (secondary N) is 2. The van der Waals surface area contributed by atoms with E-state index in [2.05, 4.69) is 10.5 Å². The van der Waals surface area contributed by atoms with Crippen molar-refractivity contribution in [3.63, 3.8) is 0 Å². The molecule has 5 N–H and O–H groups in total. The number of carbonyl (C=O) groups excluding carboxylic acids is 3. The Kier molecular flexibility index (Phi) is 8.17. The van der Waals surface area contributed by atoms with Crippen LogP contribution in [-0.4, -0.2) is 78.0 Å². The molecule has 11 nitrogen and oxygen atoms in total. The van der Waals surface area contributed by atoms with Gasteiger partial charge in [-0.1, -0.05) is 35.5 Å². The van der Waals surface area contributed by atoms with Gasteiger partial charge in [-0.05, 0) is 29.3 Å². The first kappa shape index (κ1) is 32.3. The van der Waals surface area contributed by atoms with Gasteiger partial charge in [-0.25, -0.2) is 0 Å². The van der Waals surface area contributed by atoms with E-state index in [9.17, 15) is 36.3 Å². The molecule has 1 aromatic heterocycles. The van der Waals surface area contributed by atoms with Crippen molar-refractivity contribution in [3.8, 4) is 11.1 Å². The lowest BCUT2D eigenvalue weighted by Crippen LogP contribution is -2.51. The summed E-state index contributed by atoms with van der Waals surface area (Å²) >= 11 is 0.626. The Morgan fingerprint density at radius 2 is 1.77 bits per heavy atom. The predicted molar refractivity (Wildman–Crippen MR) is 156 cm³/mol. The van der Waals surface area contributed by atoms with E-state index in [1.54, 1.807) is 6.07 Å². The largest absolute Gasteiger partial charge is 0.413 e. The van der Waals surface area contributed by atoms with Crippen LogP contribution in [-0.2, 0) is 25.0 Å². The number of rotatable bonds is 7. The maximum Gasteiger partial charge on any atom is 0.413 e. The van der Waals surface area contributed by atoms with E-state index < -0.39 is 60.1 Å². The van der Waals surface area contributed by atoms with Crippen molar-refractivity contribution >= 4 is 34.9 Å². The minimum Gasteiger partial charge on any atom is -0.409 e. The van der Waals surface area contributed by atoms with E-state index in [1.807, 2.05) is 5.32 Å². The summed E-state index contributed by atoms with van der Waals surface area (Å²) in [4.78, 5) is 40.4. The van der Waals surface area contributed by atoms with Crippen LogP contribution in [0, 0.1) is 0 Å². The maximum atomic E-state index is 14.9. The van der Waals surface area contributed by atoms with Crippen molar-refractivity contribution in [3.05, 3.63) is 81.0 Å². The minimum absolute atomic E-state index is 0.00564. The van der Waals surface area contributed by atoms with Crippen molar-refractivity contribution in [1.29, 1.82) is 0 Å². The molecule has 3 aromatic rings. The number of hydrogen-bond donors (Lipinski definition) is 4. The normalized spacial score (nSPS) is 20.1. The van der Waals surface area contributed by atoms with Gasteiger partial charge in [0.05, 0.1) is 26.3 Å². The summed E-state index contributed by atoms with van der Waals surface area (Å²) in [5, 5.41) is 17.2. The summed E-state index contributed by atoms with van der Waals surface area (Å²) < 4.78 is 83.5. The van der Waals surface area contributed by atoms with Crippen LogP contribution in [0.3, 0.4) is 0 Å². The number of ether oxygens (including phenoxy) is 2. The quantitative estimate of drug-likeness (QED) is 0.0981. The smallest absolute Gasteiger partial charge is 0.409 e. The molecule has 3 amide bonds. The number of fused-ring (bicyclic) bond motifs is 3. The summed E-state index contributed by atoms with van der Waals surface area (Å²) in [6, 6.07) is 6.61. The molecule has 0 saturated carbocycles. The topological polar surface area (TPSA) is 156 Å². The van der Waals surface area contributed by atoms with Crippen LogP contribution >= 0.6 is 11.3 Å². The van der Waals surface area contributed by atoms with E-state index in [0.717, 1.165) is 17.0 Å². The van der Waals surface area contributed by atoms with E-state index in [-0.39, 0.29) is 64.4 Å². The van der Waals surface area contributed by atoms with E-state index in [4.69, 9.17) is 20.4 Å². The Labute approximate surface area is 267 Å². The number of amides is 3. The standard InChI is InChI=1S/C30H26F5N5O6S/c31-29(32)19-4-2-1-3-17(19)18-9-15(5-6-20(18)29)26(42)37-12-23(41)40-14-28(45-7-8-46-28)11-21(40)27(43)38-24(30(33,34)35)22-10-16(13-47-22)25(36)39-44/h1-6,9-10,13,21,24,44H,7-8,11-12,14H2,(H2,36,39)(H,37,42)(H,38,43)/t21-,24-/m0/s1. The van der Waals surface area contributed by atoms with Crippen LogP contribution in [0.15, 0.2) is 59.1 Å². The second-order valence-corrected chi connectivity index (χ2v) is 12.1. The first-order chi connectivity index (χ1) is 22.2. The monoisotopic (exact) mass is 679 g/mol. The fourth-order valence-electron chi connectivity index (χ4n) is 5.97. The van der Waals surface area contributed by atoms with Crippen LogP contribution in [0.25, 0.3) is 11.1 Å². The fraction of sp³-hybridized carbons (Fsp3) is 0.333. The molecule has 2 atom stereocenters. The van der Waals surface area contributed by atoms with Crippen LogP contribution in [0.2, 0.25) is 0 Å². The van der Waals surface area contributed by atoms with Crippen LogP contribution in [0.4, 0.5) is 22.0 Å². The zero-order valence-corrected chi connectivity index (χ0v) is 25.0. The molecule has 17 heteroatoms. The van der Waals surface area contributed by atoms with Gasteiger partial charge in [-0.2, -0.15) is 22.0 Å². The molecule has 2 fully saturated rings. The van der Waals surface area contributed by atoms with Gasteiger partial charge in [0.25, 0.3) is 11.8 Å². The zero-order valence-electron chi connectivity index (χ0n) is 24.1. The van der Waals surface area contributed by atoms with Gasteiger partial charge in [0, 0.05) is 38.9 Å². The van der Waals surface area contributed by atoms with Crippen molar-refractivity contribution < 1.29 is 51.0 Å². The third-order valence-electron chi connectivity index (χ3n) is 8.23. The second kappa shape index (κ2) is 11.9. The van der Waals surface area contributed by atoms with Gasteiger partial charge in [-0.15, -0.1) is 11.3 Å². The fourth-order valence-corrected chi connectivity index (χ4v) is 6.94. The molecule has 2 saturated heterocycles. The van der Waals surface area contributed by atoms with Gasteiger partial charge in [-0.3, -0.25) is 14.4 Å². The molecule has 2 aromatic carbocycles. The Morgan fingerprint density at radius 3 is 2.47 bits per heavy atom. The molecule has 0 radical (unpaired) electrons. The molecular weight excluding hydrogens is 653 g/mol. The Balaban J connectivity index is 1.18. The van der Waals surface area contributed by atoms with Gasteiger partial charge in [0.15, 0.2) is 17.7 Å². The number of likely N-dealkylation sites (tertiary alicyclic amines) is 1. The number of halogens is 5. The van der Waals surface area contributed by atoms with Crippen LogP contribution in [0.5, 0.6) is 0 Å². The van der Waals surface area contributed by atoms with Gasteiger partial charge < -0.3 is 35.9 Å². The number of thiophene rings is 1. The number of oxime groups is 1. The lowest BCUT2D eigenvalue weighted by Gasteiger charge is -2.27. The van der Waals surface area contributed by atoms with Gasteiger partial charge in [0.1, 0.15) is 6.04 Å². The molecule has 0 bridgehead atoms. The highest BCUT2D eigenvalue weighted by Crippen LogP contribution is 2.51. The molecule has 47 heavy (non-hydrogen) atoms. The van der Waals surface area contributed by atoms with Gasteiger partial charge in [0.2, 0.25) is 11.8 Å². The molecule has 0 unspecified atom stereocenters. The average molecular weight is 680 g/mol. The summed E-state index contributed by atoms with van der Waals surface area (Å²) in [7, 11) is 0. The number of benzene rings is 2. The van der Waals surface area contributed by atoms with Crippen molar-refractivity contribution in [1.82, 2.24) is 15.5 Å². The molecular formula is C30H26F5N5O6S. The lowest BCUT2D eigenvalue weighted by atomic mass is 10.0. The van der Waals surface area contributed by atoms with Gasteiger partial charge >= 0.3 is 6.18 Å². The van der Waals surface area contributed by atoms with Crippen molar-refractivity contribution in [2.45, 2.75) is 36.4 Å². The number of hydrogen-bond acceptors (Lipinski definition) is 8. The Bertz CT molecular complexity index is 1770. The Hall–Kier alpha value is -4.61. The number of nitrogens with two attached hydrogens (primary N) is 1. The number of alkyl halides is 5. The van der Waals surface area contributed by atoms with Crippen molar-refractivity contribution in [2.24, 2.45) is 10.9 Å². The van der Waals surface area contributed by atoms with Crippen LogP contribution < -0.4 is 16.4 Å². The molecule has 248 valence electrons. The third-order valence-corrected chi connectivity index (χ3v) is 9.22. The SMILES string of the molecule is NC(=NO)c1csc([C@H](NC(=O)[C@@H]2CC3(CN2C(=O)CNC(=O)c2ccc4c(c2)-c2ccccc2C4(F)F)OCCO3)C(F)(F)F)c1. The molecule has 3 heterocycles. The molecule has 1 aliphatic carbocycles. The first-order valence-electron chi connectivity index (χ1n) is 14.2. The zero-order chi connectivity index (χ0) is 33.7. The average Bonchev–Trinajstić information content (AvgIpc) is 3.84. The molecule has 2 aliphatic heterocycles.